The van der Waals surface area contributed by atoms with Gasteiger partial charge in [0.1, 0.15) is 11.5 Å². The molecule has 1 unspecified atom stereocenters. The van der Waals surface area contributed by atoms with Crippen LogP contribution in [0.25, 0.3) is 5.76 Å². The molecule has 2 fully saturated rings. The number of ketones is 1. The Morgan fingerprint density at radius 3 is 2.22 bits per heavy atom. The highest BCUT2D eigenvalue weighted by atomic mass is 16.5. The van der Waals surface area contributed by atoms with Gasteiger partial charge in [0.2, 0.25) is 0 Å². The second-order valence-electron chi connectivity index (χ2n) is 9.35. The average molecular weight is 483 g/mol. The summed E-state index contributed by atoms with van der Waals surface area (Å²) >= 11 is 0. The molecule has 0 aromatic heterocycles. The lowest BCUT2D eigenvalue weighted by Crippen LogP contribution is -2.30. The van der Waals surface area contributed by atoms with Gasteiger partial charge in [-0.25, -0.2) is 0 Å². The molecule has 0 radical (unpaired) electrons. The van der Waals surface area contributed by atoms with E-state index in [-0.39, 0.29) is 11.3 Å². The summed E-state index contributed by atoms with van der Waals surface area (Å²) in [5, 5.41) is 11.4. The summed E-state index contributed by atoms with van der Waals surface area (Å²) in [7, 11) is 1.51. The van der Waals surface area contributed by atoms with E-state index in [0.717, 1.165) is 29.9 Å². The van der Waals surface area contributed by atoms with E-state index in [0.29, 0.717) is 17.0 Å². The topological polar surface area (TPSA) is 70.1 Å². The number of benzene rings is 3. The van der Waals surface area contributed by atoms with Crippen LogP contribution < -0.4 is 14.5 Å². The molecule has 0 bridgehead atoms. The number of methoxy groups -OCH3 is 1. The molecular weight excluding hydrogens is 452 g/mol. The number of ether oxygens (including phenoxy) is 1. The standard InChI is InChI=1S/C30H30N2O4/c1-20-11-16-25(36-2)24(19-20)28(33)26-27(21-9-5-3-6-10-21)32(30(35)29(26)34)23-14-12-22(13-15-23)31-17-7-4-8-18-31/h3,5-6,9-16,19,27,33H,4,7-8,17-18H2,1-2H3/b28-26+. The minimum atomic E-state index is -0.766. The predicted octanol–water partition coefficient (Wildman–Crippen LogP) is 5.62. The normalized spacial score (nSPS) is 19.6. The molecular formula is C30H30N2O4. The zero-order chi connectivity index (χ0) is 25.2. The Bertz CT molecular complexity index is 1310. The minimum Gasteiger partial charge on any atom is -0.507 e. The summed E-state index contributed by atoms with van der Waals surface area (Å²) in [6.07, 6.45) is 3.60. The molecule has 2 heterocycles. The number of hydrogen-bond donors (Lipinski definition) is 1. The van der Waals surface area contributed by atoms with E-state index in [1.807, 2.05) is 67.6 Å². The third-order valence-corrected chi connectivity index (χ3v) is 7.02. The number of rotatable bonds is 5. The summed E-state index contributed by atoms with van der Waals surface area (Å²) in [4.78, 5) is 30.7. The first-order valence-electron chi connectivity index (χ1n) is 12.4. The van der Waals surface area contributed by atoms with Crippen LogP contribution in [0, 0.1) is 6.92 Å². The van der Waals surface area contributed by atoms with Crippen molar-refractivity contribution in [2.24, 2.45) is 0 Å². The fourth-order valence-electron chi connectivity index (χ4n) is 5.18. The minimum absolute atomic E-state index is 0.0511. The number of anilines is 2. The maximum Gasteiger partial charge on any atom is 0.300 e. The number of carbonyl (C=O) groups excluding carboxylic acids is 2. The molecule has 3 aromatic carbocycles. The molecule has 6 heteroatoms. The second-order valence-corrected chi connectivity index (χ2v) is 9.35. The van der Waals surface area contributed by atoms with Crippen molar-refractivity contribution in [3.63, 3.8) is 0 Å². The Morgan fingerprint density at radius 2 is 1.56 bits per heavy atom. The molecule has 1 atom stereocenters. The number of hydrogen-bond acceptors (Lipinski definition) is 5. The Kier molecular flexibility index (Phi) is 6.51. The summed E-state index contributed by atoms with van der Waals surface area (Å²) in [6.45, 7) is 3.94. The second kappa shape index (κ2) is 9.90. The van der Waals surface area contributed by atoms with Gasteiger partial charge in [-0.3, -0.25) is 14.5 Å². The lowest BCUT2D eigenvalue weighted by atomic mass is 9.94. The van der Waals surface area contributed by atoms with Crippen molar-refractivity contribution in [2.75, 3.05) is 30.0 Å². The lowest BCUT2D eigenvalue weighted by molar-refractivity contribution is -0.132. The van der Waals surface area contributed by atoms with E-state index >= 15 is 0 Å². The molecule has 6 nitrogen and oxygen atoms in total. The zero-order valence-corrected chi connectivity index (χ0v) is 20.6. The van der Waals surface area contributed by atoms with Gasteiger partial charge in [-0.2, -0.15) is 0 Å². The fourth-order valence-corrected chi connectivity index (χ4v) is 5.18. The number of carbonyl (C=O) groups is 2. The van der Waals surface area contributed by atoms with Crippen molar-refractivity contribution in [3.05, 3.63) is 95.1 Å². The van der Waals surface area contributed by atoms with Crippen molar-refractivity contribution in [2.45, 2.75) is 32.2 Å². The number of aliphatic hydroxyl groups is 1. The van der Waals surface area contributed by atoms with Crippen LogP contribution in [0.4, 0.5) is 11.4 Å². The van der Waals surface area contributed by atoms with Crippen molar-refractivity contribution in [1.82, 2.24) is 0 Å². The number of piperidine rings is 1. The Balaban J connectivity index is 1.62. The van der Waals surface area contributed by atoms with Gasteiger partial charge in [0.15, 0.2) is 0 Å². The van der Waals surface area contributed by atoms with Gasteiger partial charge in [-0.15, -0.1) is 0 Å². The maximum absolute atomic E-state index is 13.4. The van der Waals surface area contributed by atoms with Gasteiger partial charge in [-0.05, 0) is 68.1 Å². The molecule has 5 rings (SSSR count). The molecule has 2 saturated heterocycles. The summed E-state index contributed by atoms with van der Waals surface area (Å²) < 4.78 is 5.46. The van der Waals surface area contributed by atoms with Crippen LogP contribution in [-0.4, -0.2) is 37.0 Å². The molecule has 0 saturated carbocycles. The van der Waals surface area contributed by atoms with Crippen LogP contribution >= 0.6 is 0 Å². The van der Waals surface area contributed by atoms with Crippen molar-refractivity contribution >= 4 is 28.8 Å². The van der Waals surface area contributed by atoms with Crippen LogP contribution in [-0.2, 0) is 9.59 Å². The lowest BCUT2D eigenvalue weighted by Gasteiger charge is -2.30. The predicted molar refractivity (Wildman–Crippen MR) is 141 cm³/mol. The largest absolute Gasteiger partial charge is 0.507 e. The maximum atomic E-state index is 13.4. The summed E-state index contributed by atoms with van der Waals surface area (Å²) in [6, 6.07) is 21.7. The van der Waals surface area contributed by atoms with Gasteiger partial charge in [-0.1, -0.05) is 42.0 Å². The molecule has 1 amide bonds. The summed E-state index contributed by atoms with van der Waals surface area (Å²) in [5.41, 5.74) is 3.80. The van der Waals surface area contributed by atoms with Gasteiger partial charge in [0.05, 0.1) is 24.3 Å². The van der Waals surface area contributed by atoms with Gasteiger partial charge >= 0.3 is 0 Å². The van der Waals surface area contributed by atoms with Crippen LogP contribution in [0.15, 0.2) is 78.4 Å². The van der Waals surface area contributed by atoms with Crippen LogP contribution in [0.3, 0.4) is 0 Å². The Hall–Kier alpha value is -4.06. The van der Waals surface area contributed by atoms with Gasteiger partial charge in [0.25, 0.3) is 11.7 Å². The van der Waals surface area contributed by atoms with Crippen molar-refractivity contribution in [1.29, 1.82) is 0 Å². The average Bonchev–Trinajstić information content (AvgIpc) is 3.19. The smallest absolute Gasteiger partial charge is 0.300 e. The molecule has 2 aliphatic heterocycles. The highest BCUT2D eigenvalue weighted by Gasteiger charge is 2.47. The number of Topliss-reactive ketones (excluding diaryl/α,β-unsaturated/α-hetero) is 1. The summed E-state index contributed by atoms with van der Waals surface area (Å²) in [5.74, 6) is -1.19. The van der Waals surface area contributed by atoms with E-state index in [2.05, 4.69) is 4.90 Å². The SMILES string of the molecule is COc1ccc(C)cc1/C(O)=C1\C(=O)C(=O)N(c2ccc(N3CCCCC3)cc2)C1c1ccccc1. The molecule has 0 aliphatic carbocycles. The fraction of sp³-hybridized carbons (Fsp3) is 0.267. The molecule has 3 aromatic rings. The third-order valence-electron chi connectivity index (χ3n) is 7.02. The van der Waals surface area contributed by atoms with Crippen LogP contribution in [0.5, 0.6) is 5.75 Å². The van der Waals surface area contributed by atoms with Gasteiger partial charge < -0.3 is 14.7 Å². The number of aliphatic hydroxyl groups excluding tert-OH is 1. The number of nitrogens with zero attached hydrogens (tertiary/aromatic N) is 2. The van der Waals surface area contributed by atoms with E-state index in [4.69, 9.17) is 4.74 Å². The van der Waals surface area contributed by atoms with E-state index in [1.54, 1.807) is 12.1 Å². The van der Waals surface area contributed by atoms with E-state index in [9.17, 15) is 14.7 Å². The van der Waals surface area contributed by atoms with E-state index < -0.39 is 17.7 Å². The Morgan fingerprint density at radius 1 is 0.889 bits per heavy atom. The monoisotopic (exact) mass is 482 g/mol. The first-order valence-corrected chi connectivity index (χ1v) is 12.4. The van der Waals surface area contributed by atoms with Crippen molar-refractivity contribution < 1.29 is 19.4 Å². The molecule has 0 spiro atoms. The highest BCUT2D eigenvalue weighted by Crippen LogP contribution is 2.43. The third kappa shape index (κ3) is 4.24. The van der Waals surface area contributed by atoms with Crippen molar-refractivity contribution in [3.8, 4) is 5.75 Å². The molecule has 2 aliphatic rings. The van der Waals surface area contributed by atoms with Gasteiger partial charge in [0, 0.05) is 24.5 Å². The van der Waals surface area contributed by atoms with Crippen LogP contribution in [0.1, 0.15) is 42.0 Å². The van der Waals surface area contributed by atoms with Crippen LogP contribution in [0.2, 0.25) is 0 Å². The highest BCUT2D eigenvalue weighted by molar-refractivity contribution is 6.51. The Labute approximate surface area is 211 Å². The molecule has 36 heavy (non-hydrogen) atoms. The first-order chi connectivity index (χ1) is 17.5. The number of amides is 1. The van der Waals surface area contributed by atoms with E-state index in [1.165, 1.54) is 31.3 Å². The molecule has 1 N–H and O–H groups in total. The first kappa shape index (κ1) is 23.7. The molecule has 184 valence electrons. The number of aryl methyl sites for hydroxylation is 1. The quantitative estimate of drug-likeness (QED) is 0.290. The zero-order valence-electron chi connectivity index (χ0n) is 20.6.